The lowest BCUT2D eigenvalue weighted by molar-refractivity contribution is 0.0534. The molecule has 0 aliphatic carbocycles. The molecule has 3 aromatic rings. The van der Waals surface area contributed by atoms with Gasteiger partial charge in [0.25, 0.3) is 0 Å². The standard InChI is InChI=1S/C25H32N2O3/c1-21-9-6-7-10-22(21)17-27-14-8-11-23(27)18-26(15-16-29-2)19-24(28)20-30-25-12-4-3-5-13-25/h3-14,24,28H,15-20H2,1-2H3/t24-/m0/s1. The molecule has 1 heterocycles. The van der Waals surface area contributed by atoms with Crippen molar-refractivity contribution < 1.29 is 14.6 Å². The number of aliphatic hydroxyl groups is 1. The zero-order valence-corrected chi connectivity index (χ0v) is 17.9. The van der Waals surface area contributed by atoms with Gasteiger partial charge in [-0.2, -0.15) is 0 Å². The van der Waals surface area contributed by atoms with Crippen molar-refractivity contribution in [2.24, 2.45) is 0 Å². The van der Waals surface area contributed by atoms with Crippen molar-refractivity contribution in [3.8, 4) is 5.75 Å². The van der Waals surface area contributed by atoms with Crippen LogP contribution in [0.25, 0.3) is 0 Å². The summed E-state index contributed by atoms with van der Waals surface area (Å²) in [4.78, 5) is 2.21. The molecule has 0 spiro atoms. The molecule has 0 saturated carbocycles. The fourth-order valence-corrected chi connectivity index (χ4v) is 3.46. The number of benzene rings is 2. The van der Waals surface area contributed by atoms with E-state index in [4.69, 9.17) is 9.47 Å². The van der Waals surface area contributed by atoms with Crippen LogP contribution in [-0.2, 0) is 17.8 Å². The Hall–Kier alpha value is -2.60. The molecule has 0 radical (unpaired) electrons. The van der Waals surface area contributed by atoms with Crippen LogP contribution in [0.4, 0.5) is 0 Å². The fourth-order valence-electron chi connectivity index (χ4n) is 3.46. The van der Waals surface area contributed by atoms with Gasteiger partial charge in [0, 0.05) is 45.2 Å². The summed E-state index contributed by atoms with van der Waals surface area (Å²) in [6.45, 7) is 5.87. The zero-order valence-electron chi connectivity index (χ0n) is 17.9. The second-order valence-electron chi connectivity index (χ2n) is 7.56. The van der Waals surface area contributed by atoms with Crippen LogP contribution < -0.4 is 4.74 Å². The van der Waals surface area contributed by atoms with Crippen LogP contribution in [0.5, 0.6) is 5.75 Å². The molecule has 0 bridgehead atoms. The first kappa shape index (κ1) is 22.1. The highest BCUT2D eigenvalue weighted by atomic mass is 16.5. The summed E-state index contributed by atoms with van der Waals surface area (Å²) in [6, 6.07) is 22.3. The quantitative estimate of drug-likeness (QED) is 0.496. The van der Waals surface area contributed by atoms with Gasteiger partial charge in [0.2, 0.25) is 0 Å². The van der Waals surface area contributed by atoms with E-state index in [0.29, 0.717) is 13.2 Å². The first-order valence-corrected chi connectivity index (χ1v) is 10.4. The van der Waals surface area contributed by atoms with Crippen molar-refractivity contribution in [1.82, 2.24) is 9.47 Å². The topological polar surface area (TPSA) is 46.9 Å². The van der Waals surface area contributed by atoms with Gasteiger partial charge in [-0.15, -0.1) is 0 Å². The molecule has 30 heavy (non-hydrogen) atoms. The first-order valence-electron chi connectivity index (χ1n) is 10.4. The Kier molecular flexibility index (Phi) is 8.51. The van der Waals surface area contributed by atoms with E-state index < -0.39 is 6.10 Å². The molecule has 5 nitrogen and oxygen atoms in total. The molecule has 1 aromatic heterocycles. The summed E-state index contributed by atoms with van der Waals surface area (Å²) in [7, 11) is 1.70. The average Bonchev–Trinajstić information content (AvgIpc) is 3.19. The van der Waals surface area contributed by atoms with Gasteiger partial charge < -0.3 is 19.1 Å². The molecule has 1 N–H and O–H groups in total. The first-order chi connectivity index (χ1) is 14.7. The van der Waals surface area contributed by atoms with Gasteiger partial charge >= 0.3 is 0 Å². The Labute approximate surface area is 179 Å². The number of hydrogen-bond donors (Lipinski definition) is 1. The van der Waals surface area contributed by atoms with E-state index in [1.165, 1.54) is 16.8 Å². The Morgan fingerprint density at radius 1 is 1.00 bits per heavy atom. The maximum Gasteiger partial charge on any atom is 0.119 e. The lowest BCUT2D eigenvalue weighted by Gasteiger charge is -2.25. The van der Waals surface area contributed by atoms with E-state index in [1.807, 2.05) is 30.3 Å². The SMILES string of the molecule is COCCN(Cc1cccn1Cc1ccccc1C)C[C@H](O)COc1ccccc1. The van der Waals surface area contributed by atoms with Gasteiger partial charge in [-0.25, -0.2) is 0 Å². The van der Waals surface area contributed by atoms with Gasteiger partial charge in [-0.05, 0) is 42.3 Å². The van der Waals surface area contributed by atoms with E-state index >= 15 is 0 Å². The Bertz CT molecular complexity index is 879. The van der Waals surface area contributed by atoms with Crippen LogP contribution >= 0.6 is 0 Å². The lowest BCUT2D eigenvalue weighted by Crippen LogP contribution is -2.37. The van der Waals surface area contributed by atoms with Crippen LogP contribution in [0.15, 0.2) is 72.9 Å². The van der Waals surface area contributed by atoms with Crippen LogP contribution in [-0.4, -0.2) is 54.1 Å². The van der Waals surface area contributed by atoms with Gasteiger partial charge in [0.1, 0.15) is 18.5 Å². The number of aryl methyl sites for hydroxylation is 1. The number of para-hydroxylation sites is 1. The molecule has 160 valence electrons. The molecule has 0 amide bonds. The van der Waals surface area contributed by atoms with Crippen LogP contribution in [0.2, 0.25) is 0 Å². The molecule has 0 unspecified atom stereocenters. The zero-order chi connectivity index (χ0) is 21.2. The van der Waals surface area contributed by atoms with Crippen LogP contribution in [0.1, 0.15) is 16.8 Å². The van der Waals surface area contributed by atoms with Gasteiger partial charge in [0.05, 0.1) is 6.61 Å². The molecular formula is C25H32N2O3. The summed E-state index contributed by atoms with van der Waals surface area (Å²) in [5, 5.41) is 10.5. The van der Waals surface area contributed by atoms with Gasteiger partial charge in [0.15, 0.2) is 0 Å². The predicted octanol–water partition coefficient (Wildman–Crippen LogP) is 3.73. The second-order valence-corrected chi connectivity index (χ2v) is 7.56. The maximum absolute atomic E-state index is 10.5. The highest BCUT2D eigenvalue weighted by Gasteiger charge is 2.15. The summed E-state index contributed by atoms with van der Waals surface area (Å²) < 4.78 is 13.3. The predicted molar refractivity (Wildman–Crippen MR) is 120 cm³/mol. The minimum absolute atomic E-state index is 0.262. The van der Waals surface area contributed by atoms with E-state index in [2.05, 4.69) is 59.0 Å². The number of aliphatic hydroxyl groups excluding tert-OH is 1. The largest absolute Gasteiger partial charge is 0.491 e. The molecular weight excluding hydrogens is 376 g/mol. The number of hydrogen-bond acceptors (Lipinski definition) is 4. The fraction of sp³-hybridized carbons (Fsp3) is 0.360. The van der Waals surface area contributed by atoms with Gasteiger partial charge in [-0.3, -0.25) is 4.90 Å². The maximum atomic E-state index is 10.5. The number of nitrogens with zero attached hydrogens (tertiary/aromatic N) is 2. The van der Waals surface area contributed by atoms with Crippen molar-refractivity contribution in [1.29, 1.82) is 0 Å². The summed E-state index contributed by atoms with van der Waals surface area (Å²) in [5.41, 5.74) is 3.82. The molecule has 3 rings (SSSR count). The molecule has 0 fully saturated rings. The van der Waals surface area contributed by atoms with E-state index in [1.54, 1.807) is 7.11 Å². The van der Waals surface area contributed by atoms with Crippen LogP contribution in [0, 0.1) is 6.92 Å². The van der Waals surface area contributed by atoms with Crippen molar-refractivity contribution in [2.45, 2.75) is 26.1 Å². The normalized spacial score (nSPS) is 12.3. The molecule has 2 aromatic carbocycles. The minimum atomic E-state index is -0.582. The number of ether oxygens (including phenoxy) is 2. The van der Waals surface area contributed by atoms with Crippen molar-refractivity contribution in [3.05, 3.63) is 89.7 Å². The highest BCUT2D eigenvalue weighted by Crippen LogP contribution is 2.14. The van der Waals surface area contributed by atoms with Crippen molar-refractivity contribution in [2.75, 3.05) is 33.4 Å². The third kappa shape index (κ3) is 6.73. The highest BCUT2D eigenvalue weighted by molar-refractivity contribution is 5.26. The monoisotopic (exact) mass is 408 g/mol. The Morgan fingerprint density at radius 3 is 2.53 bits per heavy atom. The third-order valence-electron chi connectivity index (χ3n) is 5.18. The summed E-state index contributed by atoms with van der Waals surface area (Å²) >= 11 is 0. The average molecular weight is 409 g/mol. The van der Waals surface area contributed by atoms with E-state index in [-0.39, 0.29) is 6.61 Å². The minimum Gasteiger partial charge on any atom is -0.491 e. The molecule has 5 heteroatoms. The molecule has 1 atom stereocenters. The lowest BCUT2D eigenvalue weighted by atomic mass is 10.1. The number of rotatable bonds is 12. The van der Waals surface area contributed by atoms with E-state index in [0.717, 1.165) is 25.4 Å². The summed E-state index contributed by atoms with van der Waals surface area (Å²) in [6.07, 6.45) is 1.53. The molecule has 0 aliphatic heterocycles. The summed E-state index contributed by atoms with van der Waals surface area (Å²) in [5.74, 6) is 0.770. The molecule has 0 aliphatic rings. The van der Waals surface area contributed by atoms with Crippen molar-refractivity contribution in [3.63, 3.8) is 0 Å². The van der Waals surface area contributed by atoms with Crippen molar-refractivity contribution >= 4 is 0 Å². The third-order valence-corrected chi connectivity index (χ3v) is 5.18. The van der Waals surface area contributed by atoms with Gasteiger partial charge in [-0.1, -0.05) is 42.5 Å². The second kappa shape index (κ2) is 11.6. The number of methoxy groups -OCH3 is 1. The number of aromatic nitrogens is 1. The molecule has 0 saturated heterocycles. The van der Waals surface area contributed by atoms with Crippen LogP contribution in [0.3, 0.4) is 0 Å². The van der Waals surface area contributed by atoms with E-state index in [9.17, 15) is 5.11 Å². The Balaban J connectivity index is 1.60. The Morgan fingerprint density at radius 2 is 1.77 bits per heavy atom. The smallest absolute Gasteiger partial charge is 0.119 e.